The van der Waals surface area contributed by atoms with Gasteiger partial charge in [0.15, 0.2) is 5.82 Å². The van der Waals surface area contributed by atoms with E-state index in [2.05, 4.69) is 33.9 Å². The van der Waals surface area contributed by atoms with Gasteiger partial charge in [-0.15, -0.1) is 0 Å². The summed E-state index contributed by atoms with van der Waals surface area (Å²) in [5.74, 6) is 3.58. The van der Waals surface area contributed by atoms with E-state index in [1.54, 1.807) is 7.11 Å². The molecule has 1 N–H and O–H groups in total. The first kappa shape index (κ1) is 15.0. The van der Waals surface area contributed by atoms with Crippen LogP contribution in [0.1, 0.15) is 63.6 Å². The van der Waals surface area contributed by atoms with Gasteiger partial charge in [0, 0.05) is 19.7 Å². The third-order valence-corrected chi connectivity index (χ3v) is 4.81. The molecule has 2 heterocycles. The fourth-order valence-corrected chi connectivity index (χ4v) is 4.12. The Morgan fingerprint density at radius 2 is 2.00 bits per heavy atom. The average molecular weight is 292 g/mol. The van der Waals surface area contributed by atoms with Gasteiger partial charge in [0.2, 0.25) is 0 Å². The predicted octanol–water partition coefficient (Wildman–Crippen LogP) is 2.67. The van der Waals surface area contributed by atoms with Crippen LogP contribution in [0.5, 0.6) is 0 Å². The predicted molar refractivity (Wildman–Crippen MR) is 81.8 cm³/mol. The van der Waals surface area contributed by atoms with Crippen LogP contribution in [0.25, 0.3) is 0 Å². The van der Waals surface area contributed by atoms with Crippen molar-refractivity contribution in [1.29, 1.82) is 0 Å². The lowest BCUT2D eigenvalue weighted by atomic mass is 9.80. The highest BCUT2D eigenvalue weighted by Crippen LogP contribution is 2.31. The smallest absolute Gasteiger partial charge is 0.176 e. The van der Waals surface area contributed by atoms with Gasteiger partial charge in [-0.1, -0.05) is 13.8 Å². The standard InChI is InChI=1S/C16H28N4O/c1-11-7-12(2)9-13(8-11)17-14-5-4-6-20-16(14)18-15(19-20)10-21-3/h11-14,17H,4-10H2,1-3H3/t11-,12-,14-/m0/s1. The van der Waals surface area contributed by atoms with E-state index in [1.807, 2.05) is 0 Å². The number of fused-ring (bicyclic) bond motifs is 1. The highest BCUT2D eigenvalue weighted by molar-refractivity contribution is 5.03. The van der Waals surface area contributed by atoms with Crippen LogP contribution in [0, 0.1) is 11.8 Å². The van der Waals surface area contributed by atoms with Crippen molar-refractivity contribution in [2.75, 3.05) is 7.11 Å². The van der Waals surface area contributed by atoms with Gasteiger partial charge in [0.05, 0.1) is 6.04 Å². The fraction of sp³-hybridized carbons (Fsp3) is 0.875. The van der Waals surface area contributed by atoms with Crippen LogP contribution in [0.4, 0.5) is 0 Å². The van der Waals surface area contributed by atoms with Crippen molar-refractivity contribution in [3.05, 3.63) is 11.6 Å². The Kier molecular flexibility index (Phi) is 4.60. The van der Waals surface area contributed by atoms with E-state index in [9.17, 15) is 0 Å². The highest BCUT2D eigenvalue weighted by Gasteiger charge is 2.30. The molecule has 0 aromatic carbocycles. The Balaban J connectivity index is 1.69. The van der Waals surface area contributed by atoms with Gasteiger partial charge in [-0.3, -0.25) is 0 Å². The molecule has 0 bridgehead atoms. The summed E-state index contributed by atoms with van der Waals surface area (Å²) < 4.78 is 7.23. The Morgan fingerprint density at radius 3 is 2.71 bits per heavy atom. The SMILES string of the molecule is COCc1nc2n(n1)CCC[C@@H]2NC1C[C@@H](C)C[C@H](C)C1. The van der Waals surface area contributed by atoms with E-state index in [0.29, 0.717) is 18.7 Å². The molecular weight excluding hydrogens is 264 g/mol. The molecule has 1 aromatic heterocycles. The van der Waals surface area contributed by atoms with Crippen molar-refractivity contribution in [1.82, 2.24) is 20.1 Å². The number of rotatable bonds is 4. The van der Waals surface area contributed by atoms with Crippen molar-refractivity contribution in [2.45, 2.75) is 71.2 Å². The van der Waals surface area contributed by atoms with Crippen LogP contribution in [0.3, 0.4) is 0 Å². The van der Waals surface area contributed by atoms with Crippen LogP contribution >= 0.6 is 0 Å². The lowest BCUT2D eigenvalue weighted by Crippen LogP contribution is -2.40. The normalized spacial score (nSPS) is 32.9. The topological polar surface area (TPSA) is 52.0 Å². The Hall–Kier alpha value is -0.940. The van der Waals surface area contributed by atoms with Crippen molar-refractivity contribution in [2.24, 2.45) is 11.8 Å². The first-order valence-electron chi connectivity index (χ1n) is 8.34. The summed E-state index contributed by atoms with van der Waals surface area (Å²) in [6, 6.07) is 0.988. The molecule has 3 atom stereocenters. The lowest BCUT2D eigenvalue weighted by Gasteiger charge is -2.35. The molecule has 5 heteroatoms. The van der Waals surface area contributed by atoms with Gasteiger partial charge in [-0.05, 0) is 43.9 Å². The van der Waals surface area contributed by atoms with Crippen molar-refractivity contribution in [3.8, 4) is 0 Å². The first-order valence-corrected chi connectivity index (χ1v) is 8.34. The minimum Gasteiger partial charge on any atom is -0.377 e. The summed E-state index contributed by atoms with van der Waals surface area (Å²) in [7, 11) is 1.69. The number of aromatic nitrogens is 3. The quantitative estimate of drug-likeness (QED) is 0.927. The van der Waals surface area contributed by atoms with Crippen molar-refractivity contribution in [3.63, 3.8) is 0 Å². The fourth-order valence-electron chi connectivity index (χ4n) is 4.12. The number of nitrogens with zero attached hydrogens (tertiary/aromatic N) is 3. The van der Waals surface area contributed by atoms with Gasteiger partial charge in [-0.2, -0.15) is 5.10 Å². The zero-order valence-corrected chi connectivity index (χ0v) is 13.5. The molecule has 1 aromatic rings. The minimum atomic E-state index is 0.361. The summed E-state index contributed by atoms with van der Waals surface area (Å²) in [5, 5.41) is 8.42. The van der Waals surface area contributed by atoms with Crippen molar-refractivity contribution < 1.29 is 4.74 Å². The second-order valence-corrected chi connectivity index (χ2v) is 7.02. The molecule has 1 aliphatic heterocycles. The molecule has 0 spiro atoms. The van der Waals surface area contributed by atoms with Crippen LogP contribution in [0.15, 0.2) is 0 Å². The molecule has 1 aliphatic carbocycles. The summed E-state index contributed by atoms with van der Waals surface area (Å²) in [6.07, 6.45) is 6.31. The Bertz CT molecular complexity index is 463. The number of hydrogen-bond acceptors (Lipinski definition) is 4. The lowest BCUT2D eigenvalue weighted by molar-refractivity contribution is 0.177. The molecule has 1 saturated carbocycles. The van der Waals surface area contributed by atoms with E-state index in [4.69, 9.17) is 4.74 Å². The molecule has 0 saturated heterocycles. The van der Waals surface area contributed by atoms with Gasteiger partial charge in [0.1, 0.15) is 12.4 Å². The minimum absolute atomic E-state index is 0.361. The molecule has 2 aliphatic rings. The van der Waals surface area contributed by atoms with Crippen LogP contribution < -0.4 is 5.32 Å². The molecule has 0 unspecified atom stereocenters. The van der Waals surface area contributed by atoms with Crippen LogP contribution in [-0.4, -0.2) is 27.9 Å². The molecular formula is C16H28N4O. The van der Waals surface area contributed by atoms with Gasteiger partial charge >= 0.3 is 0 Å². The Labute approximate surface area is 127 Å². The van der Waals surface area contributed by atoms with E-state index in [1.165, 1.54) is 32.1 Å². The molecule has 5 nitrogen and oxygen atoms in total. The van der Waals surface area contributed by atoms with E-state index in [-0.39, 0.29) is 0 Å². The molecule has 3 rings (SSSR count). The number of methoxy groups -OCH3 is 1. The van der Waals surface area contributed by atoms with E-state index < -0.39 is 0 Å². The van der Waals surface area contributed by atoms with E-state index in [0.717, 1.165) is 30.0 Å². The number of hydrogen-bond donors (Lipinski definition) is 1. The summed E-state index contributed by atoms with van der Waals surface area (Å²) in [5.41, 5.74) is 0. The number of aryl methyl sites for hydroxylation is 1. The van der Waals surface area contributed by atoms with Gasteiger partial charge in [-0.25, -0.2) is 9.67 Å². The first-order chi connectivity index (χ1) is 10.2. The molecule has 118 valence electrons. The molecule has 0 amide bonds. The molecule has 1 fully saturated rings. The third-order valence-electron chi connectivity index (χ3n) is 4.81. The maximum atomic E-state index is 5.16. The zero-order valence-electron chi connectivity index (χ0n) is 13.5. The second kappa shape index (κ2) is 6.44. The molecule has 21 heavy (non-hydrogen) atoms. The molecule has 0 radical (unpaired) electrons. The maximum Gasteiger partial charge on any atom is 0.176 e. The van der Waals surface area contributed by atoms with Gasteiger partial charge < -0.3 is 10.1 Å². The zero-order chi connectivity index (χ0) is 14.8. The summed E-state index contributed by atoms with van der Waals surface area (Å²) >= 11 is 0. The second-order valence-electron chi connectivity index (χ2n) is 7.02. The van der Waals surface area contributed by atoms with Gasteiger partial charge in [0.25, 0.3) is 0 Å². The van der Waals surface area contributed by atoms with Crippen molar-refractivity contribution >= 4 is 0 Å². The average Bonchev–Trinajstić information content (AvgIpc) is 2.81. The summed E-state index contributed by atoms with van der Waals surface area (Å²) in [4.78, 5) is 4.69. The highest BCUT2D eigenvalue weighted by atomic mass is 16.5. The van der Waals surface area contributed by atoms with Crippen LogP contribution in [-0.2, 0) is 17.9 Å². The van der Waals surface area contributed by atoms with E-state index >= 15 is 0 Å². The third kappa shape index (κ3) is 3.46. The Morgan fingerprint density at radius 1 is 1.24 bits per heavy atom. The van der Waals surface area contributed by atoms with Crippen LogP contribution in [0.2, 0.25) is 0 Å². The summed E-state index contributed by atoms with van der Waals surface area (Å²) in [6.45, 7) is 6.25. The maximum absolute atomic E-state index is 5.16. The largest absolute Gasteiger partial charge is 0.377 e. The monoisotopic (exact) mass is 292 g/mol. The number of nitrogens with one attached hydrogen (secondary N) is 1. The number of ether oxygens (including phenoxy) is 1.